The van der Waals surface area contributed by atoms with E-state index in [1.165, 1.54) is 24.3 Å². The Bertz CT molecular complexity index is 545. The van der Waals surface area contributed by atoms with E-state index in [1.54, 1.807) is 0 Å². The van der Waals surface area contributed by atoms with Gasteiger partial charge in [-0.15, -0.1) is 0 Å². The summed E-state index contributed by atoms with van der Waals surface area (Å²) in [7, 11) is -3.23. The van der Waals surface area contributed by atoms with Crippen LogP contribution in [0.25, 0.3) is 0 Å². The molecule has 1 aromatic rings. The van der Waals surface area contributed by atoms with Crippen molar-refractivity contribution in [3.63, 3.8) is 0 Å². The lowest BCUT2D eigenvalue weighted by atomic mass is 10.2. The van der Waals surface area contributed by atoms with Crippen molar-refractivity contribution in [2.75, 3.05) is 6.26 Å². The van der Waals surface area contributed by atoms with Gasteiger partial charge >= 0.3 is 0 Å². The molecule has 1 aromatic carbocycles. The summed E-state index contributed by atoms with van der Waals surface area (Å²) in [6.45, 7) is 0. The Balaban J connectivity index is 1.95. The SMILES string of the molecule is CS(=O)(=O)c1ccc(C(=O)NOC2CCCC2)cc1. The van der Waals surface area contributed by atoms with Crippen LogP contribution in [0.5, 0.6) is 0 Å². The monoisotopic (exact) mass is 283 g/mol. The third-order valence-electron chi connectivity index (χ3n) is 3.17. The first-order valence-electron chi connectivity index (χ1n) is 6.23. The highest BCUT2D eigenvalue weighted by molar-refractivity contribution is 7.90. The normalized spacial score (nSPS) is 16.5. The Labute approximate surface area is 112 Å². The third kappa shape index (κ3) is 3.78. The molecule has 0 atom stereocenters. The lowest BCUT2D eigenvalue weighted by molar-refractivity contribution is -0.0124. The van der Waals surface area contributed by atoms with Crippen LogP contribution in [0.15, 0.2) is 29.2 Å². The molecule has 104 valence electrons. The second-order valence-electron chi connectivity index (χ2n) is 4.75. The summed E-state index contributed by atoms with van der Waals surface area (Å²) in [4.78, 5) is 17.3. The molecule has 0 unspecified atom stereocenters. The Morgan fingerprint density at radius 2 is 1.79 bits per heavy atom. The van der Waals surface area contributed by atoms with Crippen LogP contribution in [0, 0.1) is 0 Å². The van der Waals surface area contributed by atoms with Gasteiger partial charge < -0.3 is 0 Å². The van der Waals surface area contributed by atoms with Gasteiger partial charge in [0.25, 0.3) is 5.91 Å². The second-order valence-corrected chi connectivity index (χ2v) is 6.77. The molecule has 1 N–H and O–H groups in total. The van der Waals surface area contributed by atoms with E-state index in [1.807, 2.05) is 0 Å². The average molecular weight is 283 g/mol. The molecule has 0 aliphatic heterocycles. The van der Waals surface area contributed by atoms with E-state index in [0.717, 1.165) is 31.9 Å². The standard InChI is InChI=1S/C13H17NO4S/c1-19(16,17)12-8-6-10(7-9-12)13(15)14-18-11-4-2-3-5-11/h6-9,11H,2-5H2,1H3,(H,14,15). The molecule has 0 radical (unpaired) electrons. The number of amides is 1. The molecule has 2 rings (SSSR count). The van der Waals surface area contributed by atoms with Crippen LogP contribution in [0.1, 0.15) is 36.0 Å². The Morgan fingerprint density at radius 1 is 1.21 bits per heavy atom. The van der Waals surface area contributed by atoms with E-state index in [9.17, 15) is 13.2 Å². The van der Waals surface area contributed by atoms with Crippen molar-refractivity contribution < 1.29 is 18.0 Å². The van der Waals surface area contributed by atoms with Gasteiger partial charge in [-0.2, -0.15) is 0 Å². The molecule has 1 saturated carbocycles. The predicted molar refractivity (Wildman–Crippen MR) is 70.4 cm³/mol. The minimum atomic E-state index is -3.23. The van der Waals surface area contributed by atoms with Crippen LogP contribution in [-0.4, -0.2) is 26.7 Å². The van der Waals surface area contributed by atoms with Gasteiger partial charge in [0.1, 0.15) is 0 Å². The first-order valence-corrected chi connectivity index (χ1v) is 8.12. The molecule has 0 spiro atoms. The molecule has 0 aromatic heterocycles. The molecule has 19 heavy (non-hydrogen) atoms. The van der Waals surface area contributed by atoms with Gasteiger partial charge in [-0.05, 0) is 37.1 Å². The zero-order valence-electron chi connectivity index (χ0n) is 10.8. The zero-order valence-corrected chi connectivity index (χ0v) is 11.6. The molecular weight excluding hydrogens is 266 g/mol. The third-order valence-corrected chi connectivity index (χ3v) is 4.29. The van der Waals surface area contributed by atoms with Crippen molar-refractivity contribution in [1.29, 1.82) is 0 Å². The van der Waals surface area contributed by atoms with Crippen molar-refractivity contribution in [2.24, 2.45) is 0 Å². The number of hydroxylamine groups is 1. The highest BCUT2D eigenvalue weighted by Gasteiger charge is 2.17. The second kappa shape index (κ2) is 5.71. The quantitative estimate of drug-likeness (QED) is 0.854. The molecule has 0 saturated heterocycles. The molecule has 6 heteroatoms. The predicted octanol–water partition coefficient (Wildman–Crippen LogP) is 1.69. The molecular formula is C13H17NO4S. The molecule has 1 fully saturated rings. The highest BCUT2D eigenvalue weighted by Crippen LogP contribution is 2.20. The van der Waals surface area contributed by atoms with E-state index in [4.69, 9.17) is 4.84 Å². The number of benzene rings is 1. The summed E-state index contributed by atoms with van der Waals surface area (Å²) in [5.74, 6) is -0.355. The summed E-state index contributed by atoms with van der Waals surface area (Å²) in [6, 6.07) is 5.78. The van der Waals surface area contributed by atoms with Crippen molar-refractivity contribution in [1.82, 2.24) is 5.48 Å². The van der Waals surface area contributed by atoms with Gasteiger partial charge in [-0.1, -0.05) is 12.8 Å². The largest absolute Gasteiger partial charge is 0.274 e. The molecule has 1 aliphatic carbocycles. The first-order chi connectivity index (χ1) is 8.97. The first kappa shape index (κ1) is 14.0. The topological polar surface area (TPSA) is 72.5 Å². The fraction of sp³-hybridized carbons (Fsp3) is 0.462. The van der Waals surface area contributed by atoms with Crippen LogP contribution in [0.4, 0.5) is 0 Å². The Kier molecular flexibility index (Phi) is 4.21. The number of rotatable bonds is 4. The van der Waals surface area contributed by atoms with Crippen molar-refractivity contribution >= 4 is 15.7 Å². The van der Waals surface area contributed by atoms with Gasteiger partial charge in [0.05, 0.1) is 11.0 Å². The highest BCUT2D eigenvalue weighted by atomic mass is 32.2. The fourth-order valence-corrected chi connectivity index (χ4v) is 2.69. The van der Waals surface area contributed by atoms with Crippen molar-refractivity contribution in [3.8, 4) is 0 Å². The van der Waals surface area contributed by atoms with E-state index in [0.29, 0.717) is 5.56 Å². The number of carbonyl (C=O) groups excluding carboxylic acids is 1. The van der Waals surface area contributed by atoms with E-state index in [-0.39, 0.29) is 16.9 Å². The summed E-state index contributed by atoms with van der Waals surface area (Å²) in [5, 5.41) is 0. The molecule has 5 nitrogen and oxygen atoms in total. The molecule has 0 heterocycles. The lowest BCUT2D eigenvalue weighted by Crippen LogP contribution is -2.28. The van der Waals surface area contributed by atoms with Crippen molar-refractivity contribution in [3.05, 3.63) is 29.8 Å². The van der Waals surface area contributed by atoms with Gasteiger partial charge in [-0.3, -0.25) is 9.63 Å². The smallest absolute Gasteiger partial charge is 0.270 e. The van der Waals surface area contributed by atoms with Crippen LogP contribution in [0.3, 0.4) is 0 Å². The van der Waals surface area contributed by atoms with E-state index >= 15 is 0 Å². The number of hydrogen-bond donors (Lipinski definition) is 1. The van der Waals surface area contributed by atoms with Gasteiger partial charge in [0.15, 0.2) is 9.84 Å². The zero-order chi connectivity index (χ0) is 13.9. The van der Waals surface area contributed by atoms with Crippen molar-refractivity contribution in [2.45, 2.75) is 36.7 Å². The summed E-state index contributed by atoms with van der Waals surface area (Å²) in [6.07, 6.45) is 5.42. The number of sulfone groups is 1. The van der Waals surface area contributed by atoms with Crippen LogP contribution < -0.4 is 5.48 Å². The Hall–Kier alpha value is -1.40. The van der Waals surface area contributed by atoms with Gasteiger partial charge in [-0.25, -0.2) is 13.9 Å². The number of hydrogen-bond acceptors (Lipinski definition) is 4. The van der Waals surface area contributed by atoms with Gasteiger partial charge in [0, 0.05) is 11.8 Å². The summed E-state index contributed by atoms with van der Waals surface area (Å²) < 4.78 is 22.6. The van der Waals surface area contributed by atoms with Crippen LogP contribution in [0.2, 0.25) is 0 Å². The minimum Gasteiger partial charge on any atom is -0.270 e. The molecule has 0 bridgehead atoms. The van der Waals surface area contributed by atoms with Gasteiger partial charge in [0.2, 0.25) is 0 Å². The maximum absolute atomic E-state index is 11.8. The number of nitrogens with one attached hydrogen (secondary N) is 1. The maximum Gasteiger partial charge on any atom is 0.274 e. The van der Waals surface area contributed by atoms with E-state index in [2.05, 4.69) is 5.48 Å². The average Bonchev–Trinajstić information content (AvgIpc) is 2.88. The number of carbonyl (C=O) groups is 1. The van der Waals surface area contributed by atoms with Crippen LogP contribution in [-0.2, 0) is 14.7 Å². The summed E-state index contributed by atoms with van der Waals surface area (Å²) >= 11 is 0. The maximum atomic E-state index is 11.8. The van der Waals surface area contributed by atoms with E-state index < -0.39 is 9.84 Å². The molecule has 1 amide bonds. The molecule has 1 aliphatic rings. The lowest BCUT2D eigenvalue weighted by Gasteiger charge is -2.11. The Morgan fingerprint density at radius 3 is 2.32 bits per heavy atom. The minimum absolute atomic E-state index is 0.0965. The fourth-order valence-electron chi connectivity index (χ4n) is 2.06. The van der Waals surface area contributed by atoms with Crippen LogP contribution >= 0.6 is 0 Å². The summed E-state index contributed by atoms with van der Waals surface area (Å²) in [5.41, 5.74) is 2.79.